The van der Waals surface area contributed by atoms with Crippen molar-refractivity contribution in [2.75, 3.05) is 26.2 Å². The van der Waals surface area contributed by atoms with Crippen molar-refractivity contribution in [2.24, 2.45) is 11.7 Å². The molecule has 4 heteroatoms. The van der Waals surface area contributed by atoms with E-state index in [4.69, 9.17) is 10.5 Å². The van der Waals surface area contributed by atoms with Gasteiger partial charge in [0.05, 0.1) is 18.8 Å². The first-order valence-electron chi connectivity index (χ1n) is 6.95. The molecule has 1 saturated carbocycles. The Labute approximate surface area is 104 Å². The van der Waals surface area contributed by atoms with Gasteiger partial charge in [0, 0.05) is 19.1 Å². The van der Waals surface area contributed by atoms with Crippen LogP contribution in [0.4, 0.5) is 0 Å². The largest absolute Gasteiger partial charge is 0.394 e. The minimum Gasteiger partial charge on any atom is -0.394 e. The molecule has 1 saturated heterocycles. The Bertz CT molecular complexity index is 237. The van der Waals surface area contributed by atoms with E-state index in [0.29, 0.717) is 12.0 Å². The fourth-order valence-corrected chi connectivity index (χ4v) is 3.40. The Kier molecular flexibility index (Phi) is 4.79. The van der Waals surface area contributed by atoms with Gasteiger partial charge in [-0.25, -0.2) is 0 Å². The lowest BCUT2D eigenvalue weighted by Crippen LogP contribution is -2.55. The van der Waals surface area contributed by atoms with Crippen molar-refractivity contribution in [3.8, 4) is 0 Å². The molecule has 1 heterocycles. The first-order valence-corrected chi connectivity index (χ1v) is 6.95. The molecule has 2 aliphatic rings. The van der Waals surface area contributed by atoms with Crippen LogP contribution in [0.1, 0.15) is 32.6 Å². The number of ether oxygens (including phenoxy) is 1. The number of nitrogens with zero attached hydrogens (tertiary/aromatic N) is 1. The van der Waals surface area contributed by atoms with Gasteiger partial charge in [0.2, 0.25) is 0 Å². The maximum atomic E-state index is 9.27. The van der Waals surface area contributed by atoms with Gasteiger partial charge in [0.15, 0.2) is 0 Å². The van der Waals surface area contributed by atoms with Gasteiger partial charge in [0.1, 0.15) is 0 Å². The van der Waals surface area contributed by atoms with Gasteiger partial charge < -0.3 is 15.6 Å². The maximum absolute atomic E-state index is 9.27. The molecule has 1 aliphatic carbocycles. The standard InChI is InChI=1S/C13H26N2O2/c1-10-7-15(8-12(9-16)17-10)13-5-3-2-4-11(13)6-14/h10-13,16H,2-9,14H2,1H3. The number of aliphatic hydroxyl groups is 1. The molecule has 0 amide bonds. The van der Waals surface area contributed by atoms with Crippen LogP contribution in [0, 0.1) is 5.92 Å². The summed E-state index contributed by atoms with van der Waals surface area (Å²) in [5.74, 6) is 0.633. The summed E-state index contributed by atoms with van der Waals surface area (Å²) >= 11 is 0. The first kappa shape index (κ1) is 13.3. The second-order valence-corrected chi connectivity index (χ2v) is 5.55. The number of aliphatic hydroxyl groups excluding tert-OH is 1. The van der Waals surface area contributed by atoms with Crippen molar-refractivity contribution in [1.82, 2.24) is 4.90 Å². The molecule has 0 aromatic heterocycles. The lowest BCUT2D eigenvalue weighted by atomic mass is 9.83. The van der Waals surface area contributed by atoms with Crippen LogP contribution in [0.3, 0.4) is 0 Å². The maximum Gasteiger partial charge on any atom is 0.0936 e. The second-order valence-electron chi connectivity index (χ2n) is 5.55. The summed E-state index contributed by atoms with van der Waals surface area (Å²) in [5.41, 5.74) is 5.89. The fourth-order valence-electron chi connectivity index (χ4n) is 3.40. The van der Waals surface area contributed by atoms with Crippen LogP contribution in [-0.2, 0) is 4.74 Å². The Hall–Kier alpha value is -0.160. The van der Waals surface area contributed by atoms with Crippen molar-refractivity contribution in [3.05, 3.63) is 0 Å². The van der Waals surface area contributed by atoms with E-state index in [2.05, 4.69) is 11.8 Å². The summed E-state index contributed by atoms with van der Waals surface area (Å²) in [6.45, 7) is 4.86. The van der Waals surface area contributed by atoms with Crippen LogP contribution in [0.2, 0.25) is 0 Å². The number of hydrogen-bond donors (Lipinski definition) is 2. The van der Waals surface area contributed by atoms with Crippen LogP contribution in [0.25, 0.3) is 0 Å². The van der Waals surface area contributed by atoms with Gasteiger partial charge in [-0.15, -0.1) is 0 Å². The molecule has 2 fully saturated rings. The smallest absolute Gasteiger partial charge is 0.0936 e. The highest BCUT2D eigenvalue weighted by molar-refractivity contribution is 4.88. The van der Waals surface area contributed by atoms with Crippen molar-refractivity contribution < 1.29 is 9.84 Å². The molecule has 0 aromatic rings. The second kappa shape index (κ2) is 6.14. The summed E-state index contributed by atoms with van der Waals surface area (Å²) in [5, 5.41) is 9.27. The summed E-state index contributed by atoms with van der Waals surface area (Å²) < 4.78 is 5.70. The highest BCUT2D eigenvalue weighted by atomic mass is 16.5. The average Bonchev–Trinajstić information content (AvgIpc) is 2.37. The molecule has 17 heavy (non-hydrogen) atoms. The van der Waals surface area contributed by atoms with Crippen LogP contribution >= 0.6 is 0 Å². The SMILES string of the molecule is CC1CN(C2CCCCC2CN)CC(CO)O1. The van der Waals surface area contributed by atoms with Gasteiger partial charge in [-0.1, -0.05) is 12.8 Å². The monoisotopic (exact) mass is 242 g/mol. The molecular weight excluding hydrogens is 216 g/mol. The van der Waals surface area contributed by atoms with Crippen molar-refractivity contribution in [1.29, 1.82) is 0 Å². The molecule has 1 aliphatic heterocycles. The molecule has 0 radical (unpaired) electrons. The van der Waals surface area contributed by atoms with E-state index in [0.717, 1.165) is 19.6 Å². The minimum absolute atomic E-state index is 0.0147. The Morgan fingerprint density at radius 1 is 1.29 bits per heavy atom. The first-order chi connectivity index (χ1) is 8.24. The minimum atomic E-state index is -0.0147. The van der Waals surface area contributed by atoms with Gasteiger partial charge in [-0.3, -0.25) is 4.90 Å². The zero-order chi connectivity index (χ0) is 12.3. The van der Waals surface area contributed by atoms with E-state index in [1.54, 1.807) is 0 Å². The summed E-state index contributed by atoms with van der Waals surface area (Å²) in [4.78, 5) is 2.51. The number of nitrogens with two attached hydrogens (primary N) is 1. The van der Waals surface area contributed by atoms with Crippen LogP contribution in [-0.4, -0.2) is 54.5 Å². The highest BCUT2D eigenvalue weighted by Crippen LogP contribution is 2.29. The van der Waals surface area contributed by atoms with Crippen molar-refractivity contribution in [2.45, 2.75) is 50.9 Å². The van der Waals surface area contributed by atoms with E-state index in [1.165, 1.54) is 25.7 Å². The molecule has 0 aromatic carbocycles. The molecule has 2 rings (SSSR count). The fraction of sp³-hybridized carbons (Fsp3) is 1.00. The van der Waals surface area contributed by atoms with Gasteiger partial charge in [0.25, 0.3) is 0 Å². The topological polar surface area (TPSA) is 58.7 Å². The van der Waals surface area contributed by atoms with Crippen LogP contribution in [0.5, 0.6) is 0 Å². The molecule has 4 nitrogen and oxygen atoms in total. The van der Waals surface area contributed by atoms with Crippen molar-refractivity contribution >= 4 is 0 Å². The number of morpholine rings is 1. The quantitative estimate of drug-likeness (QED) is 0.760. The average molecular weight is 242 g/mol. The van der Waals surface area contributed by atoms with Gasteiger partial charge >= 0.3 is 0 Å². The van der Waals surface area contributed by atoms with Gasteiger partial charge in [-0.05, 0) is 32.2 Å². The third-order valence-electron chi connectivity index (χ3n) is 4.20. The molecule has 100 valence electrons. The third kappa shape index (κ3) is 3.19. The zero-order valence-corrected chi connectivity index (χ0v) is 10.8. The Morgan fingerprint density at radius 2 is 2.06 bits per heavy atom. The predicted molar refractivity (Wildman–Crippen MR) is 67.8 cm³/mol. The molecule has 4 unspecified atom stereocenters. The molecule has 4 atom stereocenters. The molecule has 3 N–H and O–H groups in total. The van der Waals surface area contributed by atoms with Crippen molar-refractivity contribution in [3.63, 3.8) is 0 Å². The Morgan fingerprint density at radius 3 is 2.76 bits per heavy atom. The predicted octanol–water partition coefficient (Wildman–Crippen LogP) is 0.586. The van der Waals surface area contributed by atoms with Crippen LogP contribution < -0.4 is 5.73 Å². The molecule has 0 bridgehead atoms. The number of rotatable bonds is 3. The van der Waals surface area contributed by atoms with Gasteiger partial charge in [-0.2, -0.15) is 0 Å². The van der Waals surface area contributed by atoms with E-state index in [9.17, 15) is 5.11 Å². The van der Waals surface area contributed by atoms with E-state index >= 15 is 0 Å². The number of hydrogen-bond acceptors (Lipinski definition) is 4. The molecular formula is C13H26N2O2. The summed E-state index contributed by atoms with van der Waals surface area (Å²) in [7, 11) is 0. The van der Waals surface area contributed by atoms with E-state index in [1.807, 2.05) is 0 Å². The van der Waals surface area contributed by atoms with E-state index < -0.39 is 0 Å². The summed E-state index contributed by atoms with van der Waals surface area (Å²) in [6.07, 6.45) is 5.36. The van der Waals surface area contributed by atoms with E-state index in [-0.39, 0.29) is 18.8 Å². The normalized spacial score (nSPS) is 40.4. The third-order valence-corrected chi connectivity index (χ3v) is 4.20. The molecule has 0 spiro atoms. The Balaban J connectivity index is 1.98. The van der Waals surface area contributed by atoms with Crippen LogP contribution in [0.15, 0.2) is 0 Å². The lowest BCUT2D eigenvalue weighted by Gasteiger charge is -2.45. The zero-order valence-electron chi connectivity index (χ0n) is 10.8. The summed E-state index contributed by atoms with van der Waals surface area (Å²) in [6, 6.07) is 0.606. The lowest BCUT2D eigenvalue weighted by molar-refractivity contribution is -0.113. The highest BCUT2D eigenvalue weighted by Gasteiger charge is 2.34.